The van der Waals surface area contributed by atoms with Crippen molar-refractivity contribution in [2.75, 3.05) is 5.32 Å². The maximum atomic E-state index is 12.6. The number of nitrogens with zero attached hydrogens (tertiary/aromatic N) is 2. The Morgan fingerprint density at radius 2 is 1.86 bits per heavy atom. The molecule has 0 radical (unpaired) electrons. The van der Waals surface area contributed by atoms with Gasteiger partial charge in [0.15, 0.2) is 0 Å². The number of hydrogen-bond acceptors (Lipinski definition) is 3. The van der Waals surface area contributed by atoms with Crippen LogP contribution in [0.2, 0.25) is 0 Å². The van der Waals surface area contributed by atoms with Crippen molar-refractivity contribution in [3.8, 4) is 0 Å². The molecule has 0 saturated carbocycles. The Morgan fingerprint density at radius 3 is 2.52 bits per heavy atom. The van der Waals surface area contributed by atoms with Crippen LogP contribution < -0.4 is 5.32 Å². The van der Waals surface area contributed by atoms with E-state index in [-0.39, 0.29) is 12.0 Å². The minimum absolute atomic E-state index is 0.0294. The Labute approximate surface area is 121 Å². The summed E-state index contributed by atoms with van der Waals surface area (Å²) in [5, 5.41) is 2.92. The molecule has 0 aliphatic heterocycles. The van der Waals surface area contributed by atoms with Crippen molar-refractivity contribution in [3.05, 3.63) is 52.8 Å². The van der Waals surface area contributed by atoms with Gasteiger partial charge in [-0.25, -0.2) is 9.97 Å². The molecule has 1 aromatic heterocycles. The molecule has 0 aliphatic rings. The van der Waals surface area contributed by atoms with E-state index in [0.29, 0.717) is 0 Å². The summed E-state index contributed by atoms with van der Waals surface area (Å²) in [5.74, 6) is -0.0294. The normalized spacial score (nSPS) is 13.0. The summed E-state index contributed by atoms with van der Waals surface area (Å²) in [6, 6.07) is 6.52. The predicted octanol–water partition coefficient (Wildman–Crippen LogP) is 4.29. The maximum absolute atomic E-state index is 12.6. The number of alkyl halides is 3. The average molecular weight is 295 g/mol. The molecule has 2 aromatic rings. The minimum Gasteiger partial charge on any atom is -0.348 e. The van der Waals surface area contributed by atoms with Gasteiger partial charge < -0.3 is 5.32 Å². The molecule has 0 spiro atoms. The van der Waals surface area contributed by atoms with Gasteiger partial charge in [0, 0.05) is 6.20 Å². The third kappa shape index (κ3) is 3.51. The van der Waals surface area contributed by atoms with Gasteiger partial charge >= 0.3 is 6.18 Å². The zero-order valence-electron chi connectivity index (χ0n) is 12.0. The fourth-order valence-corrected chi connectivity index (χ4v) is 2.10. The van der Waals surface area contributed by atoms with Gasteiger partial charge in [0.05, 0.1) is 6.04 Å². The molecule has 1 atom stereocenters. The van der Waals surface area contributed by atoms with Crippen molar-refractivity contribution in [2.24, 2.45) is 0 Å². The summed E-state index contributed by atoms with van der Waals surface area (Å²) >= 11 is 0. The number of anilines is 1. The van der Waals surface area contributed by atoms with Gasteiger partial charge in [-0.2, -0.15) is 13.2 Å². The van der Waals surface area contributed by atoms with Crippen LogP contribution in [0.15, 0.2) is 30.5 Å². The Kier molecular flexibility index (Phi) is 4.16. The lowest BCUT2D eigenvalue weighted by Crippen LogP contribution is -2.14. The first kappa shape index (κ1) is 15.3. The fourth-order valence-electron chi connectivity index (χ4n) is 2.10. The van der Waals surface area contributed by atoms with Crippen LogP contribution in [0.4, 0.5) is 19.1 Å². The van der Waals surface area contributed by atoms with E-state index in [1.807, 2.05) is 39.0 Å². The van der Waals surface area contributed by atoms with Crippen molar-refractivity contribution >= 4 is 5.95 Å². The monoisotopic (exact) mass is 295 g/mol. The zero-order chi connectivity index (χ0) is 15.6. The van der Waals surface area contributed by atoms with Gasteiger partial charge in [-0.3, -0.25) is 0 Å². The number of aryl methyl sites for hydroxylation is 1. The van der Waals surface area contributed by atoms with Gasteiger partial charge in [-0.15, -0.1) is 0 Å². The average Bonchev–Trinajstić information content (AvgIpc) is 2.41. The number of aromatic nitrogens is 2. The van der Waals surface area contributed by atoms with E-state index in [4.69, 9.17) is 0 Å². The molecule has 0 bridgehead atoms. The lowest BCUT2D eigenvalue weighted by molar-refractivity contribution is -0.141. The van der Waals surface area contributed by atoms with E-state index >= 15 is 0 Å². The number of rotatable bonds is 3. The topological polar surface area (TPSA) is 37.8 Å². The number of nitrogens with one attached hydrogen (secondary N) is 1. The van der Waals surface area contributed by atoms with Crippen LogP contribution in [0, 0.1) is 13.8 Å². The number of hydrogen-bond donors (Lipinski definition) is 1. The molecule has 1 unspecified atom stereocenters. The van der Waals surface area contributed by atoms with Crippen LogP contribution >= 0.6 is 0 Å². The molecule has 1 N–H and O–H groups in total. The summed E-state index contributed by atoms with van der Waals surface area (Å²) in [6.07, 6.45) is -3.37. The van der Waals surface area contributed by atoms with Gasteiger partial charge in [0.25, 0.3) is 0 Å². The molecule has 21 heavy (non-hydrogen) atoms. The minimum atomic E-state index is -4.47. The first-order valence-corrected chi connectivity index (χ1v) is 6.52. The van der Waals surface area contributed by atoms with Crippen molar-refractivity contribution in [1.29, 1.82) is 0 Å². The summed E-state index contributed by atoms with van der Waals surface area (Å²) in [5.41, 5.74) is 2.29. The highest BCUT2D eigenvalue weighted by atomic mass is 19.4. The van der Waals surface area contributed by atoms with Crippen LogP contribution in [0.25, 0.3) is 0 Å². The van der Waals surface area contributed by atoms with Gasteiger partial charge in [-0.1, -0.05) is 18.2 Å². The first-order valence-electron chi connectivity index (χ1n) is 6.52. The highest BCUT2D eigenvalue weighted by Gasteiger charge is 2.32. The van der Waals surface area contributed by atoms with Crippen molar-refractivity contribution in [1.82, 2.24) is 9.97 Å². The molecule has 3 nitrogen and oxygen atoms in total. The van der Waals surface area contributed by atoms with Crippen LogP contribution in [0.5, 0.6) is 0 Å². The summed E-state index contributed by atoms with van der Waals surface area (Å²) in [7, 11) is 0. The third-order valence-electron chi connectivity index (χ3n) is 3.40. The molecule has 0 saturated heterocycles. The van der Waals surface area contributed by atoms with Gasteiger partial charge in [0.1, 0.15) is 5.69 Å². The van der Waals surface area contributed by atoms with Crippen LogP contribution in [-0.2, 0) is 6.18 Å². The molecule has 1 heterocycles. The Bertz CT molecular complexity index is 638. The van der Waals surface area contributed by atoms with E-state index in [1.165, 1.54) is 0 Å². The predicted molar refractivity (Wildman–Crippen MR) is 75.0 cm³/mol. The summed E-state index contributed by atoms with van der Waals surface area (Å²) in [4.78, 5) is 7.36. The molecule has 112 valence electrons. The number of halogens is 3. The lowest BCUT2D eigenvalue weighted by atomic mass is 9.98. The van der Waals surface area contributed by atoms with Crippen molar-refractivity contribution < 1.29 is 13.2 Å². The lowest BCUT2D eigenvalue weighted by Gasteiger charge is -2.18. The molecule has 2 rings (SSSR count). The van der Waals surface area contributed by atoms with E-state index in [2.05, 4.69) is 15.3 Å². The second kappa shape index (κ2) is 5.71. The molecule has 1 aromatic carbocycles. The van der Waals surface area contributed by atoms with Crippen LogP contribution in [-0.4, -0.2) is 9.97 Å². The second-order valence-electron chi connectivity index (χ2n) is 4.92. The molecular weight excluding hydrogens is 279 g/mol. The van der Waals surface area contributed by atoms with E-state index in [9.17, 15) is 13.2 Å². The van der Waals surface area contributed by atoms with Crippen molar-refractivity contribution in [3.63, 3.8) is 0 Å². The van der Waals surface area contributed by atoms with E-state index < -0.39 is 11.9 Å². The molecule has 0 fully saturated rings. The largest absolute Gasteiger partial charge is 0.433 e. The maximum Gasteiger partial charge on any atom is 0.433 e. The van der Waals surface area contributed by atoms with Crippen LogP contribution in [0.1, 0.15) is 35.3 Å². The standard InChI is InChI=1S/C15H16F3N3/c1-9-5-4-6-12(10(9)2)11(3)20-14-19-8-7-13(21-14)15(16,17)18/h4-8,11H,1-3H3,(H,19,20,21). The van der Waals surface area contributed by atoms with Gasteiger partial charge in [0.2, 0.25) is 5.95 Å². The van der Waals surface area contributed by atoms with Gasteiger partial charge in [-0.05, 0) is 43.5 Å². The Balaban J connectivity index is 2.24. The first-order chi connectivity index (χ1) is 9.79. The van der Waals surface area contributed by atoms with E-state index in [1.54, 1.807) is 0 Å². The van der Waals surface area contributed by atoms with E-state index in [0.717, 1.165) is 29.0 Å². The number of benzene rings is 1. The quantitative estimate of drug-likeness (QED) is 0.918. The second-order valence-corrected chi connectivity index (χ2v) is 4.92. The SMILES string of the molecule is Cc1cccc(C(C)Nc2nccc(C(F)(F)F)n2)c1C. The van der Waals surface area contributed by atoms with Crippen LogP contribution in [0.3, 0.4) is 0 Å². The summed E-state index contributed by atoms with van der Waals surface area (Å²) in [6.45, 7) is 5.84. The molecule has 0 amide bonds. The summed E-state index contributed by atoms with van der Waals surface area (Å²) < 4.78 is 37.9. The molecule has 6 heteroatoms. The highest BCUT2D eigenvalue weighted by molar-refractivity contribution is 5.39. The Hall–Kier alpha value is -2.11. The Morgan fingerprint density at radius 1 is 1.14 bits per heavy atom. The fraction of sp³-hybridized carbons (Fsp3) is 0.333. The van der Waals surface area contributed by atoms with Crippen molar-refractivity contribution in [2.45, 2.75) is 33.0 Å². The zero-order valence-corrected chi connectivity index (χ0v) is 12.0. The molecular formula is C15H16F3N3. The smallest absolute Gasteiger partial charge is 0.348 e. The third-order valence-corrected chi connectivity index (χ3v) is 3.40. The highest BCUT2D eigenvalue weighted by Crippen LogP contribution is 2.28. The molecule has 0 aliphatic carbocycles.